The fourth-order valence-corrected chi connectivity index (χ4v) is 5.29. The number of allylic oxidation sites excluding steroid dienone is 2. The molecule has 10 nitrogen and oxygen atoms in total. The second-order valence-electron chi connectivity index (χ2n) is 14.3. The smallest absolute Gasteiger partial charge is 0.464 e. The fraction of sp³-hybridized carbons (Fsp3) is 0.761. The van der Waals surface area contributed by atoms with Gasteiger partial charge in [0.1, 0.15) is 30.8 Å². The second-order valence-corrected chi connectivity index (χ2v) is 14.3. The summed E-state index contributed by atoms with van der Waals surface area (Å²) in [5.41, 5.74) is 6.33. The molecule has 1 rings (SSSR count). The molecule has 11 heteroatoms. The van der Waals surface area contributed by atoms with Gasteiger partial charge in [0.15, 0.2) is 11.4 Å². The van der Waals surface area contributed by atoms with Crippen LogP contribution in [0.3, 0.4) is 0 Å². The van der Waals surface area contributed by atoms with Crippen LogP contribution in [0.2, 0.25) is 0 Å². The Hall–Kier alpha value is -3.52. The van der Waals surface area contributed by atoms with E-state index < -0.39 is 23.8 Å². The van der Waals surface area contributed by atoms with Crippen molar-refractivity contribution in [1.29, 1.82) is 0 Å². The van der Waals surface area contributed by atoms with Crippen molar-refractivity contribution >= 4 is 30.5 Å². The molecule has 0 radical (unpaired) electrons. The van der Waals surface area contributed by atoms with E-state index in [1.807, 2.05) is 48.5 Å². The monoisotopic (exact) mass is 808 g/mol. The molecule has 1 saturated heterocycles. The average Bonchev–Trinajstić information content (AvgIpc) is 3.59. The molecule has 0 bridgehead atoms. The number of aliphatic imine (C=N–C) groups is 2. The highest BCUT2D eigenvalue weighted by Crippen LogP contribution is 2.30. The number of halogens is 1. The van der Waals surface area contributed by atoms with E-state index >= 15 is 0 Å². The molecule has 0 aromatic carbocycles. The lowest BCUT2D eigenvalue weighted by Gasteiger charge is -2.23. The topological polar surface area (TPSA) is 139 Å². The highest BCUT2D eigenvalue weighted by atomic mass is 19.1. The zero-order chi connectivity index (χ0) is 43.9. The number of carbonyl (C=O) groups is 3. The summed E-state index contributed by atoms with van der Waals surface area (Å²) in [5, 5.41) is 0. The van der Waals surface area contributed by atoms with Crippen LogP contribution < -0.4 is 5.73 Å². The van der Waals surface area contributed by atoms with E-state index in [9.17, 15) is 18.8 Å². The van der Waals surface area contributed by atoms with Gasteiger partial charge in [0.2, 0.25) is 5.95 Å². The number of nitrogens with zero attached hydrogens (tertiary/aromatic N) is 2. The maximum Gasteiger partial charge on any atom is 0.508 e. The Balaban J connectivity index is -0.000000753. The van der Waals surface area contributed by atoms with E-state index in [1.54, 1.807) is 13.1 Å². The highest BCUT2D eigenvalue weighted by Gasteiger charge is 2.38. The molecule has 57 heavy (non-hydrogen) atoms. The Morgan fingerprint density at radius 1 is 0.982 bits per heavy atom. The summed E-state index contributed by atoms with van der Waals surface area (Å²) in [6.07, 6.45) is 26.8. The van der Waals surface area contributed by atoms with Gasteiger partial charge in [0.25, 0.3) is 6.47 Å². The third kappa shape index (κ3) is 32.2. The zero-order valence-electron chi connectivity index (χ0n) is 37.9. The summed E-state index contributed by atoms with van der Waals surface area (Å²) in [6.45, 7) is 22.1. The first-order valence-electron chi connectivity index (χ1n) is 21.8. The summed E-state index contributed by atoms with van der Waals surface area (Å²) in [6, 6.07) is 0. The normalized spacial score (nSPS) is 17.3. The Morgan fingerprint density at radius 2 is 1.58 bits per heavy atom. The molecule has 0 aromatic heterocycles. The van der Waals surface area contributed by atoms with E-state index in [2.05, 4.69) is 41.4 Å². The molecule has 0 aromatic rings. The Bertz CT molecular complexity index is 1210. The largest absolute Gasteiger partial charge is 0.508 e. The third-order valence-electron chi connectivity index (χ3n) is 9.02. The number of hydrogen-bond donors (Lipinski definition) is 1. The molecule has 1 aliphatic heterocycles. The van der Waals surface area contributed by atoms with Crippen LogP contribution >= 0.6 is 0 Å². The Kier molecular flexibility index (Phi) is 39.9. The molecule has 4 unspecified atom stereocenters. The number of carbonyl (C=O) groups excluding carboxylic acids is 3. The number of rotatable bonds is 26. The van der Waals surface area contributed by atoms with E-state index in [0.29, 0.717) is 37.2 Å². The predicted molar refractivity (Wildman–Crippen MR) is 235 cm³/mol. The zero-order valence-corrected chi connectivity index (χ0v) is 37.9. The van der Waals surface area contributed by atoms with Crippen LogP contribution in [-0.2, 0) is 28.5 Å². The van der Waals surface area contributed by atoms with Crippen LogP contribution in [0.1, 0.15) is 192 Å². The molecular weight excluding hydrogens is 726 g/mol. The average molecular weight is 808 g/mol. The van der Waals surface area contributed by atoms with Crippen LogP contribution in [0, 0.1) is 18.3 Å². The van der Waals surface area contributed by atoms with Crippen LogP contribution in [0.5, 0.6) is 0 Å². The SMILES string of the molecule is C#CC1(COC(=O)OC(CC)COC=O)CCC(C)O1.CC.CCC=NC(=C(C)C)/C(N)=N\C(F)=C\CCC.CCCCCCCCCCCCC(=O)C(C)CC. The number of amidine groups is 1. The van der Waals surface area contributed by atoms with Gasteiger partial charge < -0.3 is 24.7 Å². The van der Waals surface area contributed by atoms with E-state index in [0.717, 1.165) is 44.1 Å². The van der Waals surface area contributed by atoms with E-state index in [4.69, 9.17) is 26.4 Å². The summed E-state index contributed by atoms with van der Waals surface area (Å²) < 4.78 is 33.5. The van der Waals surface area contributed by atoms with Crippen molar-refractivity contribution in [3.05, 3.63) is 23.3 Å². The van der Waals surface area contributed by atoms with Crippen molar-refractivity contribution < 1.29 is 37.7 Å². The van der Waals surface area contributed by atoms with Crippen molar-refractivity contribution in [2.45, 2.75) is 210 Å². The minimum Gasteiger partial charge on any atom is -0.464 e. The number of ketones is 1. The molecule has 0 spiro atoms. The molecular formula is C46H82FN3O7. The van der Waals surface area contributed by atoms with Gasteiger partial charge in [0, 0.05) is 18.6 Å². The van der Waals surface area contributed by atoms with E-state index in [1.165, 1.54) is 63.9 Å². The van der Waals surface area contributed by atoms with Crippen molar-refractivity contribution in [2.24, 2.45) is 21.6 Å². The van der Waals surface area contributed by atoms with Gasteiger partial charge in [-0.3, -0.25) is 14.6 Å². The number of unbranched alkanes of at least 4 members (excludes halogenated alkanes) is 10. The van der Waals surface area contributed by atoms with Gasteiger partial charge >= 0.3 is 6.16 Å². The quantitative estimate of drug-likeness (QED) is 0.0173. The molecule has 1 heterocycles. The maximum atomic E-state index is 13.3. The number of nitrogens with two attached hydrogens (primary N) is 1. The van der Waals surface area contributed by atoms with Gasteiger partial charge in [-0.1, -0.05) is 126 Å². The molecule has 0 aliphatic carbocycles. The van der Waals surface area contributed by atoms with Crippen molar-refractivity contribution in [2.75, 3.05) is 13.2 Å². The molecule has 0 amide bonds. The summed E-state index contributed by atoms with van der Waals surface area (Å²) in [4.78, 5) is 41.1. The van der Waals surface area contributed by atoms with Crippen molar-refractivity contribution in [1.82, 2.24) is 0 Å². The second kappa shape index (κ2) is 39.3. The molecule has 1 fully saturated rings. The van der Waals surface area contributed by atoms with Crippen molar-refractivity contribution in [3.63, 3.8) is 0 Å². The Morgan fingerprint density at radius 3 is 2.04 bits per heavy atom. The van der Waals surface area contributed by atoms with Gasteiger partial charge in [-0.15, -0.1) is 6.42 Å². The molecule has 330 valence electrons. The van der Waals surface area contributed by atoms with Crippen LogP contribution in [-0.4, -0.2) is 61.5 Å². The van der Waals surface area contributed by atoms with Gasteiger partial charge in [-0.2, -0.15) is 4.39 Å². The fourth-order valence-electron chi connectivity index (χ4n) is 5.29. The van der Waals surface area contributed by atoms with Crippen LogP contribution in [0.15, 0.2) is 33.3 Å². The number of ether oxygens (including phenoxy) is 4. The van der Waals surface area contributed by atoms with Gasteiger partial charge in [0.05, 0.1) is 6.10 Å². The lowest BCUT2D eigenvalue weighted by atomic mass is 9.98. The summed E-state index contributed by atoms with van der Waals surface area (Å²) in [5.74, 6) is 2.87. The van der Waals surface area contributed by atoms with Crippen LogP contribution in [0.25, 0.3) is 0 Å². The number of terminal acetylenes is 1. The molecule has 2 N–H and O–H groups in total. The lowest BCUT2D eigenvalue weighted by molar-refractivity contribution is -0.132. The maximum absolute atomic E-state index is 13.3. The minimum atomic E-state index is -0.862. The van der Waals surface area contributed by atoms with E-state index in [-0.39, 0.29) is 31.1 Å². The lowest BCUT2D eigenvalue weighted by Crippen LogP contribution is -2.35. The number of Topliss-reactive ketones (excluding diaryl/α,β-unsaturated/α-hetero) is 1. The Labute approximate surface area is 347 Å². The summed E-state index contributed by atoms with van der Waals surface area (Å²) in [7, 11) is 0. The van der Waals surface area contributed by atoms with Gasteiger partial charge in [-0.25, -0.2) is 9.79 Å². The van der Waals surface area contributed by atoms with Crippen LogP contribution in [0.4, 0.5) is 9.18 Å². The molecule has 4 atom stereocenters. The predicted octanol–water partition coefficient (Wildman–Crippen LogP) is 12.3. The first-order chi connectivity index (χ1) is 27.3. The highest BCUT2D eigenvalue weighted by molar-refractivity contribution is 5.98. The molecule has 1 aliphatic rings. The first-order valence-corrected chi connectivity index (χ1v) is 21.8. The first kappa shape index (κ1) is 57.8. The minimum absolute atomic E-state index is 0.00289. The van der Waals surface area contributed by atoms with Gasteiger partial charge in [-0.05, 0) is 77.4 Å². The molecule has 0 saturated carbocycles. The standard InChI is InChI=1S/C17H34O.C14H20O6.C13H22FN3.C2H6/c1-4-6-7-8-9-10-11-12-13-14-15-17(18)16(3)5-2;1-4-12(8-17-10-15)19-13(16)18-9-14(5-2)7-6-11(3)20-14;1-5-7-8-11(14)17-13(15)12(10(3)4)16-9-6-2;1-2/h16H,4-15H2,1-3H3;2,10-12H,4,6-9H2,1,3H3;8-9H,5-7H2,1-4H3,(H2,15,17);1-2H3/b;;11-8+,16-9?;. The number of hydrogen-bond acceptors (Lipinski definition) is 9. The van der Waals surface area contributed by atoms with Crippen molar-refractivity contribution in [3.8, 4) is 12.3 Å². The summed E-state index contributed by atoms with van der Waals surface area (Å²) >= 11 is 0. The third-order valence-corrected chi connectivity index (χ3v) is 9.02.